The van der Waals surface area contributed by atoms with Crippen molar-refractivity contribution in [3.05, 3.63) is 65.2 Å². The Kier molecular flexibility index (Phi) is 3.78. The van der Waals surface area contributed by atoms with Crippen LogP contribution in [-0.2, 0) is 13.2 Å². The molecule has 0 saturated carbocycles. The predicted molar refractivity (Wildman–Crippen MR) is 69.8 cm³/mol. The van der Waals surface area contributed by atoms with E-state index < -0.39 is 0 Å². The Labute approximate surface area is 102 Å². The second-order valence-corrected chi connectivity index (χ2v) is 4.06. The minimum atomic E-state index is 0.568. The summed E-state index contributed by atoms with van der Waals surface area (Å²) in [6.07, 6.45) is 0. The van der Waals surface area contributed by atoms with Gasteiger partial charge in [-0.2, -0.15) is 0 Å². The van der Waals surface area contributed by atoms with Crippen LogP contribution < -0.4 is 10.5 Å². The molecule has 2 N–H and O–H groups in total. The van der Waals surface area contributed by atoms with Crippen LogP contribution >= 0.6 is 0 Å². The Bertz CT molecular complexity index is 477. The molecular formula is C15H17NO. The summed E-state index contributed by atoms with van der Waals surface area (Å²) in [5, 5.41) is 0. The summed E-state index contributed by atoms with van der Waals surface area (Å²) in [4.78, 5) is 0. The van der Waals surface area contributed by atoms with Crippen molar-refractivity contribution in [1.82, 2.24) is 0 Å². The molecule has 2 rings (SSSR count). The Morgan fingerprint density at radius 2 is 1.71 bits per heavy atom. The maximum Gasteiger partial charge on any atom is 0.119 e. The quantitative estimate of drug-likeness (QED) is 0.871. The molecule has 0 bridgehead atoms. The SMILES string of the molecule is Cc1ccccc1COc1ccc(CN)cc1. The second-order valence-electron chi connectivity index (χ2n) is 4.06. The number of hydrogen-bond acceptors (Lipinski definition) is 2. The van der Waals surface area contributed by atoms with Crippen LogP contribution in [0.15, 0.2) is 48.5 Å². The lowest BCUT2D eigenvalue weighted by atomic mass is 10.1. The molecule has 0 spiro atoms. The van der Waals surface area contributed by atoms with Crippen molar-refractivity contribution >= 4 is 0 Å². The van der Waals surface area contributed by atoms with Crippen molar-refractivity contribution in [1.29, 1.82) is 0 Å². The minimum absolute atomic E-state index is 0.568. The van der Waals surface area contributed by atoms with Crippen molar-refractivity contribution < 1.29 is 4.74 Å². The average molecular weight is 227 g/mol. The third-order valence-electron chi connectivity index (χ3n) is 2.81. The molecule has 0 radical (unpaired) electrons. The number of rotatable bonds is 4. The molecule has 17 heavy (non-hydrogen) atoms. The summed E-state index contributed by atoms with van der Waals surface area (Å²) < 4.78 is 5.73. The van der Waals surface area contributed by atoms with E-state index in [4.69, 9.17) is 10.5 Å². The predicted octanol–water partition coefficient (Wildman–Crippen LogP) is 3.03. The van der Waals surface area contributed by atoms with E-state index in [0.717, 1.165) is 11.3 Å². The van der Waals surface area contributed by atoms with Crippen molar-refractivity contribution in [2.45, 2.75) is 20.1 Å². The largest absolute Gasteiger partial charge is 0.489 e. The Morgan fingerprint density at radius 1 is 1.00 bits per heavy atom. The zero-order valence-electron chi connectivity index (χ0n) is 10.0. The summed E-state index contributed by atoms with van der Waals surface area (Å²) in [6, 6.07) is 16.2. The molecule has 2 aromatic rings. The molecule has 2 nitrogen and oxygen atoms in total. The first kappa shape index (κ1) is 11.7. The van der Waals surface area contributed by atoms with Crippen LogP contribution in [0.3, 0.4) is 0 Å². The molecular weight excluding hydrogens is 210 g/mol. The van der Waals surface area contributed by atoms with Gasteiger partial charge < -0.3 is 10.5 Å². The molecule has 0 aliphatic rings. The maximum absolute atomic E-state index is 5.73. The molecule has 0 amide bonds. The number of ether oxygens (including phenoxy) is 1. The van der Waals surface area contributed by atoms with Crippen molar-refractivity contribution in [2.75, 3.05) is 0 Å². The van der Waals surface area contributed by atoms with Gasteiger partial charge in [-0.3, -0.25) is 0 Å². The summed E-state index contributed by atoms with van der Waals surface area (Å²) in [5.41, 5.74) is 9.14. The van der Waals surface area contributed by atoms with Gasteiger partial charge in [0.05, 0.1) is 0 Å². The third kappa shape index (κ3) is 3.08. The van der Waals surface area contributed by atoms with Gasteiger partial charge in [-0.05, 0) is 35.7 Å². The fraction of sp³-hybridized carbons (Fsp3) is 0.200. The van der Waals surface area contributed by atoms with E-state index in [1.165, 1.54) is 11.1 Å². The van der Waals surface area contributed by atoms with Crippen LogP contribution in [0.1, 0.15) is 16.7 Å². The lowest BCUT2D eigenvalue weighted by Gasteiger charge is -2.08. The van der Waals surface area contributed by atoms with E-state index in [1.807, 2.05) is 36.4 Å². The fourth-order valence-electron chi connectivity index (χ4n) is 1.65. The molecule has 88 valence electrons. The first-order valence-electron chi connectivity index (χ1n) is 5.76. The summed E-state index contributed by atoms with van der Waals surface area (Å²) in [6.45, 7) is 3.27. The molecule has 0 saturated heterocycles. The molecule has 2 heteroatoms. The van der Waals surface area contributed by atoms with E-state index in [2.05, 4.69) is 19.1 Å². The van der Waals surface area contributed by atoms with Crippen LogP contribution in [0.5, 0.6) is 5.75 Å². The highest BCUT2D eigenvalue weighted by Gasteiger charge is 1.98. The van der Waals surface area contributed by atoms with Gasteiger partial charge in [-0.25, -0.2) is 0 Å². The summed E-state index contributed by atoms with van der Waals surface area (Å²) in [5.74, 6) is 0.880. The second kappa shape index (κ2) is 5.51. The van der Waals surface area contributed by atoms with E-state index in [0.29, 0.717) is 13.2 Å². The Morgan fingerprint density at radius 3 is 2.35 bits per heavy atom. The number of nitrogens with two attached hydrogens (primary N) is 1. The van der Waals surface area contributed by atoms with Crippen LogP contribution in [0.25, 0.3) is 0 Å². The van der Waals surface area contributed by atoms with Gasteiger partial charge in [0.15, 0.2) is 0 Å². The van der Waals surface area contributed by atoms with Crippen LogP contribution in [-0.4, -0.2) is 0 Å². The minimum Gasteiger partial charge on any atom is -0.489 e. The Hall–Kier alpha value is -1.80. The van der Waals surface area contributed by atoms with Crippen LogP contribution in [0.4, 0.5) is 0 Å². The highest BCUT2D eigenvalue weighted by molar-refractivity contribution is 5.29. The van der Waals surface area contributed by atoms with E-state index in [9.17, 15) is 0 Å². The van der Waals surface area contributed by atoms with Gasteiger partial charge in [0.2, 0.25) is 0 Å². The lowest BCUT2D eigenvalue weighted by molar-refractivity contribution is 0.305. The van der Waals surface area contributed by atoms with Gasteiger partial charge in [0, 0.05) is 6.54 Å². The number of hydrogen-bond donors (Lipinski definition) is 1. The average Bonchev–Trinajstić information content (AvgIpc) is 2.38. The van der Waals surface area contributed by atoms with Crippen molar-refractivity contribution in [3.8, 4) is 5.75 Å². The summed E-state index contributed by atoms with van der Waals surface area (Å²) >= 11 is 0. The van der Waals surface area contributed by atoms with E-state index in [-0.39, 0.29) is 0 Å². The molecule has 0 atom stereocenters. The van der Waals surface area contributed by atoms with Gasteiger partial charge >= 0.3 is 0 Å². The van der Waals surface area contributed by atoms with E-state index in [1.54, 1.807) is 0 Å². The molecule has 0 fully saturated rings. The zero-order valence-corrected chi connectivity index (χ0v) is 10.0. The van der Waals surface area contributed by atoms with Gasteiger partial charge in [0.25, 0.3) is 0 Å². The van der Waals surface area contributed by atoms with Gasteiger partial charge in [0.1, 0.15) is 12.4 Å². The molecule has 0 aliphatic carbocycles. The molecule has 0 aliphatic heterocycles. The van der Waals surface area contributed by atoms with Crippen molar-refractivity contribution in [2.24, 2.45) is 5.73 Å². The standard InChI is InChI=1S/C15H17NO/c1-12-4-2-3-5-14(12)11-17-15-8-6-13(10-16)7-9-15/h2-9H,10-11,16H2,1H3. The normalized spacial score (nSPS) is 10.2. The number of aryl methyl sites for hydroxylation is 1. The molecule has 2 aromatic carbocycles. The monoisotopic (exact) mass is 227 g/mol. The van der Waals surface area contributed by atoms with Crippen molar-refractivity contribution in [3.63, 3.8) is 0 Å². The smallest absolute Gasteiger partial charge is 0.119 e. The maximum atomic E-state index is 5.73. The zero-order chi connectivity index (χ0) is 12.1. The summed E-state index contributed by atoms with van der Waals surface area (Å²) in [7, 11) is 0. The highest BCUT2D eigenvalue weighted by Crippen LogP contribution is 2.15. The lowest BCUT2D eigenvalue weighted by Crippen LogP contribution is -1.99. The highest BCUT2D eigenvalue weighted by atomic mass is 16.5. The number of benzene rings is 2. The van der Waals surface area contributed by atoms with Gasteiger partial charge in [-0.1, -0.05) is 36.4 Å². The van der Waals surface area contributed by atoms with Gasteiger partial charge in [-0.15, -0.1) is 0 Å². The fourth-order valence-corrected chi connectivity index (χ4v) is 1.65. The topological polar surface area (TPSA) is 35.2 Å². The molecule has 0 unspecified atom stereocenters. The molecule has 0 heterocycles. The molecule has 0 aromatic heterocycles. The van der Waals surface area contributed by atoms with E-state index >= 15 is 0 Å². The first-order chi connectivity index (χ1) is 8.29. The Balaban J connectivity index is 2.00. The first-order valence-corrected chi connectivity index (χ1v) is 5.76. The third-order valence-corrected chi connectivity index (χ3v) is 2.81. The van der Waals surface area contributed by atoms with Crippen LogP contribution in [0, 0.1) is 6.92 Å². The van der Waals surface area contributed by atoms with Crippen LogP contribution in [0.2, 0.25) is 0 Å².